The molecular weight excluding hydrogens is 376 g/mol. The summed E-state index contributed by atoms with van der Waals surface area (Å²) in [5.74, 6) is -0.207. The maximum absolute atomic E-state index is 11.4. The lowest BCUT2D eigenvalue weighted by Crippen LogP contribution is -2.38. The van der Waals surface area contributed by atoms with Gasteiger partial charge < -0.3 is 14.6 Å². The van der Waals surface area contributed by atoms with E-state index in [0.717, 1.165) is 24.2 Å². The lowest BCUT2D eigenvalue weighted by atomic mass is 10.0. The second-order valence-electron chi connectivity index (χ2n) is 8.28. The van der Waals surface area contributed by atoms with Crippen molar-refractivity contribution >= 4 is 5.97 Å². The minimum atomic E-state index is -0.984. The van der Waals surface area contributed by atoms with Crippen LogP contribution in [0, 0.1) is 0 Å². The molecule has 0 spiro atoms. The fourth-order valence-electron chi connectivity index (χ4n) is 3.83. The minimum absolute atomic E-state index is 0.352. The van der Waals surface area contributed by atoms with Gasteiger partial charge in [-0.3, -0.25) is 0 Å². The van der Waals surface area contributed by atoms with E-state index >= 15 is 0 Å². The highest BCUT2D eigenvalue weighted by atomic mass is 16.6. The third-order valence-electron chi connectivity index (χ3n) is 5.60. The van der Waals surface area contributed by atoms with Gasteiger partial charge in [0.2, 0.25) is 0 Å². The normalized spacial score (nSPS) is 13.2. The van der Waals surface area contributed by atoms with Crippen LogP contribution in [0.3, 0.4) is 0 Å². The molecular formula is C26H44O4. The van der Waals surface area contributed by atoms with Gasteiger partial charge in [0.1, 0.15) is 11.9 Å². The number of carboxylic acid groups (broad SMARTS) is 1. The predicted octanol–water partition coefficient (Wildman–Crippen LogP) is 7.19. The van der Waals surface area contributed by atoms with Crippen molar-refractivity contribution in [2.24, 2.45) is 0 Å². The summed E-state index contributed by atoms with van der Waals surface area (Å²) < 4.78 is 11.3. The van der Waals surface area contributed by atoms with E-state index in [0.29, 0.717) is 6.61 Å². The molecule has 0 saturated carbocycles. The zero-order valence-corrected chi connectivity index (χ0v) is 19.5. The van der Waals surface area contributed by atoms with Crippen molar-refractivity contribution in [3.63, 3.8) is 0 Å². The van der Waals surface area contributed by atoms with Crippen LogP contribution >= 0.6 is 0 Å². The summed E-state index contributed by atoms with van der Waals surface area (Å²) in [5.41, 5.74) is 1.15. The van der Waals surface area contributed by atoms with Gasteiger partial charge in [0.25, 0.3) is 0 Å². The van der Waals surface area contributed by atoms with Gasteiger partial charge in [-0.25, -0.2) is 4.79 Å². The van der Waals surface area contributed by atoms with Gasteiger partial charge in [-0.1, -0.05) is 95.8 Å². The van der Waals surface area contributed by atoms with Gasteiger partial charge in [-0.2, -0.15) is 0 Å². The highest BCUT2D eigenvalue weighted by Gasteiger charge is 2.27. The number of ether oxygens (including phenoxy) is 2. The molecule has 2 unspecified atom stereocenters. The first-order valence-corrected chi connectivity index (χ1v) is 12.2. The average molecular weight is 421 g/mol. The highest BCUT2D eigenvalue weighted by Crippen LogP contribution is 2.23. The Hall–Kier alpha value is -1.55. The van der Waals surface area contributed by atoms with Gasteiger partial charge in [0.15, 0.2) is 6.10 Å². The standard InChI is InChI=1S/C26H44O4/c1-4-6-7-8-9-10-11-12-13-14-15-16-19-23-20-17-18-21-24(23)30-22(3)25(26(27)28)29-5-2/h17-18,20-22,25H,4-16,19H2,1-3H3,(H,27,28). The Balaban J connectivity index is 2.25. The van der Waals surface area contributed by atoms with Crippen molar-refractivity contribution < 1.29 is 19.4 Å². The van der Waals surface area contributed by atoms with Crippen LogP contribution in [-0.2, 0) is 16.0 Å². The van der Waals surface area contributed by atoms with Crippen LogP contribution in [0.4, 0.5) is 0 Å². The number of para-hydroxylation sites is 1. The number of aliphatic carboxylic acids is 1. The summed E-state index contributed by atoms with van der Waals surface area (Å²) in [5, 5.41) is 9.34. The summed E-state index contributed by atoms with van der Waals surface area (Å²) in [6.07, 6.45) is 15.5. The molecule has 1 aromatic rings. The van der Waals surface area contributed by atoms with Crippen LogP contribution in [0.15, 0.2) is 24.3 Å². The average Bonchev–Trinajstić information content (AvgIpc) is 2.73. The van der Waals surface area contributed by atoms with E-state index in [2.05, 4.69) is 13.0 Å². The molecule has 1 rings (SSSR count). The van der Waals surface area contributed by atoms with Crippen molar-refractivity contribution in [1.29, 1.82) is 0 Å². The van der Waals surface area contributed by atoms with Gasteiger partial charge >= 0.3 is 5.97 Å². The Labute approximate surface area is 184 Å². The quantitative estimate of drug-likeness (QED) is 0.241. The molecule has 0 radical (unpaired) electrons. The Kier molecular flexibility index (Phi) is 15.2. The molecule has 0 saturated heterocycles. The third-order valence-corrected chi connectivity index (χ3v) is 5.60. The highest BCUT2D eigenvalue weighted by molar-refractivity contribution is 5.73. The fourth-order valence-corrected chi connectivity index (χ4v) is 3.83. The number of hydrogen-bond acceptors (Lipinski definition) is 3. The Morgan fingerprint density at radius 1 is 0.867 bits per heavy atom. The van der Waals surface area contributed by atoms with Crippen LogP contribution in [0.5, 0.6) is 5.75 Å². The topological polar surface area (TPSA) is 55.8 Å². The molecule has 0 aliphatic carbocycles. The van der Waals surface area contributed by atoms with Crippen LogP contribution < -0.4 is 4.74 Å². The molecule has 0 aliphatic heterocycles. The lowest BCUT2D eigenvalue weighted by molar-refractivity contribution is -0.155. The van der Waals surface area contributed by atoms with E-state index in [1.165, 1.54) is 70.6 Å². The zero-order chi connectivity index (χ0) is 22.0. The van der Waals surface area contributed by atoms with Crippen molar-refractivity contribution in [3.8, 4) is 5.75 Å². The summed E-state index contributed by atoms with van der Waals surface area (Å²) >= 11 is 0. The first-order valence-electron chi connectivity index (χ1n) is 12.2. The van der Waals surface area contributed by atoms with Crippen molar-refractivity contribution in [2.75, 3.05) is 6.61 Å². The van der Waals surface area contributed by atoms with E-state index in [1.807, 2.05) is 18.2 Å². The molecule has 1 N–H and O–H groups in total. The molecule has 172 valence electrons. The maximum Gasteiger partial charge on any atom is 0.336 e. The second kappa shape index (κ2) is 17.2. The summed E-state index contributed by atoms with van der Waals surface area (Å²) in [7, 11) is 0. The zero-order valence-electron chi connectivity index (χ0n) is 19.5. The molecule has 0 fully saturated rings. The molecule has 2 atom stereocenters. The van der Waals surface area contributed by atoms with Crippen LogP contribution in [0.2, 0.25) is 0 Å². The molecule has 0 aliphatic rings. The fraction of sp³-hybridized carbons (Fsp3) is 0.731. The van der Waals surface area contributed by atoms with E-state index in [1.54, 1.807) is 13.8 Å². The van der Waals surface area contributed by atoms with Gasteiger partial charge in [0.05, 0.1) is 0 Å². The molecule has 0 heterocycles. The van der Waals surface area contributed by atoms with Crippen LogP contribution in [-0.4, -0.2) is 29.9 Å². The molecule has 4 heteroatoms. The van der Waals surface area contributed by atoms with Crippen molar-refractivity contribution in [2.45, 2.75) is 116 Å². The molecule has 0 bridgehead atoms. The largest absolute Gasteiger partial charge is 0.487 e. The molecule has 4 nitrogen and oxygen atoms in total. The lowest BCUT2D eigenvalue weighted by Gasteiger charge is -2.23. The maximum atomic E-state index is 11.4. The Bertz CT molecular complexity index is 558. The van der Waals surface area contributed by atoms with Crippen LogP contribution in [0.1, 0.15) is 103 Å². The SMILES string of the molecule is CCCCCCCCCCCCCCc1ccccc1OC(C)C(OCC)C(=O)O. The number of carboxylic acids is 1. The van der Waals surface area contributed by atoms with E-state index in [-0.39, 0.29) is 0 Å². The molecule has 0 amide bonds. The number of unbranched alkanes of at least 4 members (excludes halogenated alkanes) is 11. The van der Waals surface area contributed by atoms with Gasteiger partial charge in [-0.05, 0) is 38.3 Å². The van der Waals surface area contributed by atoms with Crippen molar-refractivity contribution in [3.05, 3.63) is 29.8 Å². The van der Waals surface area contributed by atoms with E-state index in [9.17, 15) is 9.90 Å². The predicted molar refractivity (Wildman–Crippen MR) is 124 cm³/mol. The summed E-state index contributed by atoms with van der Waals surface area (Å²) in [4.78, 5) is 11.4. The smallest absolute Gasteiger partial charge is 0.336 e. The van der Waals surface area contributed by atoms with Gasteiger partial charge in [0, 0.05) is 6.61 Å². The molecule has 0 aromatic heterocycles. The number of carbonyl (C=O) groups is 1. The number of rotatable bonds is 19. The van der Waals surface area contributed by atoms with E-state index < -0.39 is 18.2 Å². The number of hydrogen-bond donors (Lipinski definition) is 1. The Morgan fingerprint density at radius 2 is 1.40 bits per heavy atom. The van der Waals surface area contributed by atoms with E-state index in [4.69, 9.17) is 9.47 Å². The minimum Gasteiger partial charge on any atom is -0.487 e. The third kappa shape index (κ3) is 11.6. The number of benzene rings is 1. The van der Waals surface area contributed by atoms with Crippen LogP contribution in [0.25, 0.3) is 0 Å². The summed E-state index contributed by atoms with van der Waals surface area (Å²) in [6, 6.07) is 7.96. The Morgan fingerprint density at radius 3 is 1.93 bits per heavy atom. The van der Waals surface area contributed by atoms with Crippen molar-refractivity contribution in [1.82, 2.24) is 0 Å². The first-order chi connectivity index (χ1) is 14.6. The molecule has 1 aromatic carbocycles. The number of aryl methyl sites for hydroxylation is 1. The molecule has 30 heavy (non-hydrogen) atoms. The van der Waals surface area contributed by atoms with Gasteiger partial charge in [-0.15, -0.1) is 0 Å². The summed E-state index contributed by atoms with van der Waals surface area (Å²) in [6.45, 7) is 6.17. The monoisotopic (exact) mass is 420 g/mol. The first kappa shape index (κ1) is 26.5. The second-order valence-corrected chi connectivity index (χ2v) is 8.28.